The molecule has 1 unspecified atom stereocenters. The first kappa shape index (κ1) is 13.4. The van der Waals surface area contributed by atoms with Gasteiger partial charge < -0.3 is 4.79 Å². The molecule has 0 aliphatic carbocycles. The summed E-state index contributed by atoms with van der Waals surface area (Å²) in [6, 6.07) is 10.1. The molecule has 0 amide bonds. The summed E-state index contributed by atoms with van der Waals surface area (Å²) in [6.07, 6.45) is 9.73. The van der Waals surface area contributed by atoms with E-state index in [4.69, 9.17) is 0 Å². The minimum absolute atomic E-state index is 0.224. The van der Waals surface area contributed by atoms with Crippen molar-refractivity contribution in [3.8, 4) is 0 Å². The molecule has 0 saturated carbocycles. The van der Waals surface area contributed by atoms with E-state index in [1.54, 1.807) is 0 Å². The van der Waals surface area contributed by atoms with Gasteiger partial charge in [-0.3, -0.25) is 4.79 Å². The summed E-state index contributed by atoms with van der Waals surface area (Å²) in [4.78, 5) is 20.7. The van der Waals surface area contributed by atoms with Gasteiger partial charge in [-0.1, -0.05) is 42.5 Å². The van der Waals surface area contributed by atoms with E-state index in [0.29, 0.717) is 6.42 Å². The molecule has 1 rings (SSSR count). The Morgan fingerprint density at radius 2 is 2.00 bits per heavy atom. The van der Waals surface area contributed by atoms with Crippen molar-refractivity contribution in [3.05, 3.63) is 42.0 Å². The highest BCUT2D eigenvalue weighted by molar-refractivity contribution is 5.62. The molecule has 1 atom stereocenters. The highest BCUT2D eigenvalue weighted by Crippen LogP contribution is 2.10. The van der Waals surface area contributed by atoms with E-state index in [2.05, 4.69) is 12.2 Å². The van der Waals surface area contributed by atoms with Crippen molar-refractivity contribution >= 4 is 18.6 Å². The number of hydrogen-bond acceptors (Lipinski definition) is 2. The van der Waals surface area contributed by atoms with E-state index in [9.17, 15) is 9.59 Å². The first-order chi connectivity index (χ1) is 8.36. The number of unbranched alkanes of at least 4 members (excludes halogenated alkanes) is 1. The zero-order valence-corrected chi connectivity index (χ0v) is 9.84. The van der Waals surface area contributed by atoms with Gasteiger partial charge in [-0.05, 0) is 24.8 Å². The van der Waals surface area contributed by atoms with Crippen molar-refractivity contribution in [3.63, 3.8) is 0 Å². The third-order valence-electron chi connectivity index (χ3n) is 2.58. The summed E-state index contributed by atoms with van der Waals surface area (Å²) in [5.74, 6) is -0.224. The minimum Gasteiger partial charge on any atom is -0.303 e. The molecular weight excluding hydrogens is 212 g/mol. The standard InChI is InChI=1S/C15H17O2/c16-12-11-15(13-17)10-6-2-5-9-14-7-3-1-4-8-14/h1,3-5,7-9,12,15H,2,6,10-11H2. The fourth-order valence-corrected chi connectivity index (χ4v) is 1.61. The van der Waals surface area contributed by atoms with Crippen molar-refractivity contribution in [2.45, 2.75) is 25.7 Å². The number of allylic oxidation sites excluding steroid dienone is 1. The van der Waals surface area contributed by atoms with Crippen LogP contribution in [0.4, 0.5) is 0 Å². The highest BCUT2D eigenvalue weighted by atomic mass is 16.1. The number of carbonyl (C=O) groups is 1. The molecule has 2 heteroatoms. The van der Waals surface area contributed by atoms with Gasteiger partial charge in [0.1, 0.15) is 6.29 Å². The molecule has 0 N–H and O–H groups in total. The summed E-state index contributed by atoms with van der Waals surface area (Å²) in [5, 5.41) is 0. The van der Waals surface area contributed by atoms with Crippen LogP contribution in [0.5, 0.6) is 0 Å². The van der Waals surface area contributed by atoms with Crippen LogP contribution in [0.1, 0.15) is 31.2 Å². The largest absolute Gasteiger partial charge is 0.303 e. The Labute approximate surface area is 102 Å². The predicted molar refractivity (Wildman–Crippen MR) is 69.2 cm³/mol. The van der Waals surface area contributed by atoms with Gasteiger partial charge in [-0.25, -0.2) is 0 Å². The summed E-state index contributed by atoms with van der Waals surface area (Å²) in [6.45, 7) is 0. The third kappa shape index (κ3) is 5.81. The molecule has 0 aliphatic heterocycles. The van der Waals surface area contributed by atoms with Crippen LogP contribution >= 0.6 is 0 Å². The van der Waals surface area contributed by atoms with Gasteiger partial charge in [0, 0.05) is 12.3 Å². The topological polar surface area (TPSA) is 34.1 Å². The lowest BCUT2D eigenvalue weighted by molar-refractivity contribution is -0.108. The van der Waals surface area contributed by atoms with E-state index in [1.165, 1.54) is 5.56 Å². The van der Waals surface area contributed by atoms with E-state index in [0.717, 1.165) is 25.5 Å². The SMILES string of the molecule is O=[C]C(CC=O)CCCC=Cc1ccccc1. The number of rotatable bonds is 8. The quantitative estimate of drug-likeness (QED) is 0.507. The van der Waals surface area contributed by atoms with Crippen LogP contribution in [0.3, 0.4) is 0 Å². The van der Waals surface area contributed by atoms with Gasteiger partial charge in [0.05, 0.1) is 0 Å². The summed E-state index contributed by atoms with van der Waals surface area (Å²) in [7, 11) is 0. The predicted octanol–water partition coefficient (Wildman–Crippen LogP) is 3.19. The molecule has 1 aromatic rings. The molecule has 0 aromatic heterocycles. The molecule has 1 radical (unpaired) electrons. The average molecular weight is 229 g/mol. The second-order valence-corrected chi connectivity index (χ2v) is 3.96. The van der Waals surface area contributed by atoms with Crippen LogP contribution in [0.15, 0.2) is 36.4 Å². The fourth-order valence-electron chi connectivity index (χ4n) is 1.61. The van der Waals surface area contributed by atoms with Gasteiger partial charge in [0.25, 0.3) is 0 Å². The van der Waals surface area contributed by atoms with Gasteiger partial charge in [0.15, 0.2) is 0 Å². The molecule has 1 aromatic carbocycles. The Bertz CT molecular complexity index is 354. The van der Waals surface area contributed by atoms with Crippen LogP contribution in [0.25, 0.3) is 6.08 Å². The third-order valence-corrected chi connectivity index (χ3v) is 2.58. The lowest BCUT2D eigenvalue weighted by Gasteiger charge is -2.02. The Balaban J connectivity index is 2.21. The van der Waals surface area contributed by atoms with E-state index < -0.39 is 0 Å². The molecule has 89 valence electrons. The van der Waals surface area contributed by atoms with Crippen molar-refractivity contribution < 1.29 is 9.59 Å². The first-order valence-electron chi connectivity index (χ1n) is 5.89. The maximum Gasteiger partial charge on any atom is 0.202 e. The molecule has 17 heavy (non-hydrogen) atoms. The normalized spacial score (nSPS) is 12.5. The average Bonchev–Trinajstić information content (AvgIpc) is 2.38. The van der Waals surface area contributed by atoms with Gasteiger partial charge in [0.2, 0.25) is 6.29 Å². The Morgan fingerprint density at radius 1 is 1.24 bits per heavy atom. The minimum atomic E-state index is -0.224. The number of hydrogen-bond donors (Lipinski definition) is 0. The first-order valence-corrected chi connectivity index (χ1v) is 5.89. The molecule has 0 fully saturated rings. The smallest absolute Gasteiger partial charge is 0.202 e. The van der Waals surface area contributed by atoms with Crippen molar-refractivity contribution in [2.75, 3.05) is 0 Å². The Kier molecular flexibility index (Phi) is 6.64. The zero-order chi connectivity index (χ0) is 12.3. The van der Waals surface area contributed by atoms with Gasteiger partial charge in [-0.2, -0.15) is 0 Å². The fraction of sp³-hybridized carbons (Fsp3) is 0.333. The Hall–Kier alpha value is -1.70. The molecule has 2 nitrogen and oxygen atoms in total. The summed E-state index contributed by atoms with van der Waals surface area (Å²) in [5.41, 5.74) is 1.18. The molecular formula is C15H17O2. The van der Waals surface area contributed by atoms with Crippen LogP contribution in [-0.4, -0.2) is 12.6 Å². The van der Waals surface area contributed by atoms with Crippen molar-refractivity contribution in [1.82, 2.24) is 0 Å². The van der Waals surface area contributed by atoms with Gasteiger partial charge >= 0.3 is 0 Å². The van der Waals surface area contributed by atoms with Crippen LogP contribution < -0.4 is 0 Å². The Morgan fingerprint density at radius 3 is 2.65 bits per heavy atom. The van der Waals surface area contributed by atoms with Crippen LogP contribution in [0, 0.1) is 5.92 Å². The number of aldehydes is 1. The monoisotopic (exact) mass is 229 g/mol. The summed E-state index contributed by atoms with van der Waals surface area (Å²) < 4.78 is 0. The maximum atomic E-state index is 10.5. The van der Waals surface area contributed by atoms with Crippen LogP contribution in [-0.2, 0) is 9.59 Å². The van der Waals surface area contributed by atoms with Crippen LogP contribution in [0.2, 0.25) is 0 Å². The van der Waals surface area contributed by atoms with E-state index >= 15 is 0 Å². The second kappa shape index (κ2) is 8.45. The van der Waals surface area contributed by atoms with E-state index in [1.807, 2.05) is 36.6 Å². The number of carbonyl (C=O) groups excluding carboxylic acids is 2. The summed E-state index contributed by atoms with van der Waals surface area (Å²) >= 11 is 0. The lowest BCUT2D eigenvalue weighted by Crippen LogP contribution is -2.01. The maximum absolute atomic E-state index is 10.5. The van der Waals surface area contributed by atoms with E-state index in [-0.39, 0.29) is 5.92 Å². The molecule has 0 heterocycles. The van der Waals surface area contributed by atoms with Gasteiger partial charge in [-0.15, -0.1) is 0 Å². The molecule has 0 saturated heterocycles. The number of benzene rings is 1. The highest BCUT2D eigenvalue weighted by Gasteiger charge is 2.05. The molecule has 0 bridgehead atoms. The molecule has 0 aliphatic rings. The lowest BCUT2D eigenvalue weighted by atomic mass is 10.0. The van der Waals surface area contributed by atoms with Crippen molar-refractivity contribution in [2.24, 2.45) is 5.92 Å². The zero-order valence-electron chi connectivity index (χ0n) is 9.84. The second-order valence-electron chi connectivity index (χ2n) is 3.96. The molecule has 0 spiro atoms. The van der Waals surface area contributed by atoms with Crippen molar-refractivity contribution in [1.29, 1.82) is 0 Å².